The summed E-state index contributed by atoms with van der Waals surface area (Å²) in [5.41, 5.74) is 0. The summed E-state index contributed by atoms with van der Waals surface area (Å²) in [5, 5.41) is 0. The molecule has 104 valence electrons. The first kappa shape index (κ1) is 15.2. The van der Waals surface area contributed by atoms with Crippen molar-refractivity contribution in [3.8, 4) is 0 Å². The summed E-state index contributed by atoms with van der Waals surface area (Å²) in [5.74, 6) is -0.116. The Hall–Kier alpha value is -0.240. The van der Waals surface area contributed by atoms with Gasteiger partial charge in [0.2, 0.25) is 10.0 Å². The lowest BCUT2D eigenvalue weighted by atomic mass is 10.0. The first-order valence-corrected chi connectivity index (χ1v) is 8.83. The van der Waals surface area contributed by atoms with Gasteiger partial charge >= 0.3 is 0 Å². The van der Waals surface area contributed by atoms with Gasteiger partial charge in [-0.05, 0) is 34.1 Å². The zero-order valence-electron chi connectivity index (χ0n) is 10.3. The minimum Gasteiger partial charge on any atom is -0.299 e. The first-order valence-electron chi connectivity index (χ1n) is 5.80. The molecule has 1 aromatic rings. The van der Waals surface area contributed by atoms with Crippen molar-refractivity contribution in [3.05, 3.63) is 27.1 Å². The molecule has 1 aliphatic rings. The van der Waals surface area contributed by atoms with E-state index in [1.54, 1.807) is 25.1 Å². The van der Waals surface area contributed by atoms with Gasteiger partial charge in [0.25, 0.3) is 0 Å². The summed E-state index contributed by atoms with van der Waals surface area (Å²) in [7, 11) is -3.57. The van der Waals surface area contributed by atoms with Crippen molar-refractivity contribution in [2.75, 3.05) is 13.1 Å². The van der Waals surface area contributed by atoms with Gasteiger partial charge in [0.05, 0.1) is 4.90 Å². The van der Waals surface area contributed by atoms with Crippen molar-refractivity contribution in [1.29, 1.82) is 0 Å². The number of hydrogen-bond donors (Lipinski definition) is 0. The average Bonchev–Trinajstić information content (AvgIpc) is 2.35. The van der Waals surface area contributed by atoms with Crippen LogP contribution in [0.5, 0.6) is 0 Å². The molecule has 4 nitrogen and oxygen atoms in total. The number of ketones is 1. The van der Waals surface area contributed by atoms with Crippen LogP contribution in [0.15, 0.2) is 32.0 Å². The molecule has 0 bridgehead atoms. The van der Waals surface area contributed by atoms with Gasteiger partial charge < -0.3 is 0 Å². The number of sulfonamides is 1. The zero-order valence-corrected chi connectivity index (χ0v) is 14.3. The Labute approximate surface area is 129 Å². The molecule has 1 saturated heterocycles. The molecule has 1 heterocycles. The maximum Gasteiger partial charge on any atom is 0.244 e. The number of carbonyl (C=O) groups is 1. The molecule has 1 aliphatic heterocycles. The highest BCUT2D eigenvalue weighted by Crippen LogP contribution is 2.30. The van der Waals surface area contributed by atoms with E-state index < -0.39 is 10.0 Å². The predicted molar refractivity (Wildman–Crippen MR) is 79.4 cm³/mol. The second kappa shape index (κ2) is 5.63. The van der Waals surface area contributed by atoms with Crippen molar-refractivity contribution in [1.82, 2.24) is 4.31 Å². The van der Waals surface area contributed by atoms with Crippen LogP contribution in [0, 0.1) is 5.92 Å². The molecule has 1 aromatic carbocycles. The monoisotopic (exact) mass is 409 g/mol. The van der Waals surface area contributed by atoms with Crippen molar-refractivity contribution in [3.63, 3.8) is 0 Å². The largest absolute Gasteiger partial charge is 0.299 e. The molecule has 2 rings (SSSR count). The third kappa shape index (κ3) is 3.09. The van der Waals surface area contributed by atoms with Crippen LogP contribution < -0.4 is 0 Å². The molecular formula is C12H13Br2NO3S. The fourth-order valence-electron chi connectivity index (χ4n) is 2.01. The van der Waals surface area contributed by atoms with Crippen LogP contribution in [0.2, 0.25) is 0 Å². The highest BCUT2D eigenvalue weighted by atomic mass is 79.9. The third-order valence-corrected chi connectivity index (χ3v) is 6.50. The van der Waals surface area contributed by atoms with Gasteiger partial charge in [-0.2, -0.15) is 4.31 Å². The third-order valence-electron chi connectivity index (χ3n) is 3.15. The van der Waals surface area contributed by atoms with Crippen LogP contribution in [0.3, 0.4) is 0 Å². The molecule has 1 fully saturated rings. The summed E-state index contributed by atoms with van der Waals surface area (Å²) in [6.45, 7) is 2.27. The van der Waals surface area contributed by atoms with Crippen molar-refractivity contribution < 1.29 is 13.2 Å². The molecule has 1 atom stereocenters. The Morgan fingerprint density at radius 2 is 2.00 bits per heavy atom. The summed E-state index contributed by atoms with van der Waals surface area (Å²) in [4.78, 5) is 11.7. The Bertz CT molecular complexity index is 615. The summed E-state index contributed by atoms with van der Waals surface area (Å²) < 4.78 is 27.8. The summed E-state index contributed by atoms with van der Waals surface area (Å²) in [6, 6.07) is 5.03. The highest BCUT2D eigenvalue weighted by Gasteiger charge is 2.33. The van der Waals surface area contributed by atoms with Crippen molar-refractivity contribution >= 4 is 47.7 Å². The fourth-order valence-corrected chi connectivity index (χ4v) is 5.01. The number of halogens is 2. The minimum absolute atomic E-state index is 0.125. The van der Waals surface area contributed by atoms with Crippen molar-refractivity contribution in [2.45, 2.75) is 18.2 Å². The average molecular weight is 411 g/mol. The summed E-state index contributed by atoms with van der Waals surface area (Å²) in [6.07, 6.45) is 0.284. The number of rotatable bonds is 2. The molecule has 0 aromatic heterocycles. The highest BCUT2D eigenvalue weighted by molar-refractivity contribution is 9.11. The smallest absolute Gasteiger partial charge is 0.244 e. The number of hydrogen-bond acceptors (Lipinski definition) is 3. The van der Waals surface area contributed by atoms with E-state index in [9.17, 15) is 13.2 Å². The van der Waals surface area contributed by atoms with Gasteiger partial charge in [-0.3, -0.25) is 4.79 Å². The van der Waals surface area contributed by atoms with Crippen LogP contribution in [0.25, 0.3) is 0 Å². The molecule has 0 N–H and O–H groups in total. The Kier molecular flexibility index (Phi) is 4.49. The van der Waals surface area contributed by atoms with Crippen LogP contribution in [-0.2, 0) is 14.8 Å². The molecule has 19 heavy (non-hydrogen) atoms. The van der Waals surface area contributed by atoms with Crippen LogP contribution in [-0.4, -0.2) is 31.6 Å². The van der Waals surface area contributed by atoms with Crippen LogP contribution in [0.1, 0.15) is 13.3 Å². The second-order valence-electron chi connectivity index (χ2n) is 4.56. The maximum atomic E-state index is 12.6. The normalized spacial score (nSPS) is 21.6. The molecule has 0 aliphatic carbocycles. The molecule has 7 heteroatoms. The number of piperidine rings is 1. The standard InChI is InChI=1S/C12H13Br2NO3S/c1-8-7-15(5-4-11(8)16)19(17,18)12-6-9(13)2-3-10(12)14/h2-3,6,8H,4-5,7H2,1H3. The number of benzene rings is 1. The lowest BCUT2D eigenvalue weighted by molar-refractivity contribution is -0.124. The van der Waals surface area contributed by atoms with Crippen LogP contribution in [0.4, 0.5) is 0 Å². The Morgan fingerprint density at radius 3 is 2.63 bits per heavy atom. The zero-order chi connectivity index (χ0) is 14.2. The van der Waals surface area contributed by atoms with E-state index >= 15 is 0 Å². The van der Waals surface area contributed by atoms with E-state index in [0.717, 1.165) is 0 Å². The Morgan fingerprint density at radius 1 is 1.32 bits per heavy atom. The molecule has 0 spiro atoms. The number of Topliss-reactive ketones (excluding diaryl/α,β-unsaturated/α-hetero) is 1. The Balaban J connectivity index is 2.37. The maximum absolute atomic E-state index is 12.6. The quantitative estimate of drug-likeness (QED) is 0.753. The van der Waals surface area contributed by atoms with E-state index in [4.69, 9.17) is 0 Å². The van der Waals surface area contributed by atoms with Gasteiger partial charge in [0, 0.05) is 34.4 Å². The molecule has 0 radical (unpaired) electrons. The van der Waals surface area contributed by atoms with E-state index in [2.05, 4.69) is 31.9 Å². The predicted octanol–water partition coefficient (Wildman–Crippen LogP) is 2.81. The van der Waals surface area contributed by atoms with E-state index in [1.807, 2.05) is 0 Å². The fraction of sp³-hybridized carbons (Fsp3) is 0.417. The lowest BCUT2D eigenvalue weighted by Crippen LogP contribution is -2.43. The molecule has 0 amide bonds. The molecule has 1 unspecified atom stereocenters. The second-order valence-corrected chi connectivity index (χ2v) is 8.23. The van der Waals surface area contributed by atoms with Gasteiger partial charge in [0.15, 0.2) is 0 Å². The first-order chi connectivity index (χ1) is 8.82. The van der Waals surface area contributed by atoms with Gasteiger partial charge in [-0.1, -0.05) is 22.9 Å². The molecular weight excluding hydrogens is 398 g/mol. The van der Waals surface area contributed by atoms with E-state index in [1.165, 1.54) is 4.31 Å². The van der Waals surface area contributed by atoms with Crippen LogP contribution >= 0.6 is 31.9 Å². The number of nitrogens with zero attached hydrogens (tertiary/aromatic N) is 1. The topological polar surface area (TPSA) is 54.5 Å². The van der Waals surface area contributed by atoms with Gasteiger partial charge in [0.1, 0.15) is 5.78 Å². The minimum atomic E-state index is -3.57. The van der Waals surface area contributed by atoms with E-state index in [-0.39, 0.29) is 36.1 Å². The van der Waals surface area contributed by atoms with Gasteiger partial charge in [-0.25, -0.2) is 8.42 Å². The SMILES string of the molecule is CC1CN(S(=O)(=O)c2cc(Br)ccc2Br)CCC1=O. The molecule has 0 saturated carbocycles. The van der Waals surface area contributed by atoms with Crippen molar-refractivity contribution in [2.24, 2.45) is 5.92 Å². The van der Waals surface area contributed by atoms with Gasteiger partial charge in [-0.15, -0.1) is 0 Å². The summed E-state index contributed by atoms with van der Waals surface area (Å²) >= 11 is 6.54. The lowest BCUT2D eigenvalue weighted by Gasteiger charge is -2.29. The number of carbonyl (C=O) groups excluding carboxylic acids is 1. The van der Waals surface area contributed by atoms with E-state index in [0.29, 0.717) is 8.95 Å².